The van der Waals surface area contributed by atoms with Gasteiger partial charge in [-0.1, -0.05) is 48.0 Å². The first-order chi connectivity index (χ1) is 10.7. The molecular weight excluding hydrogens is 333 g/mol. The first kappa shape index (κ1) is 17.3. The molecule has 0 unspecified atom stereocenters. The fourth-order valence-electron chi connectivity index (χ4n) is 2.43. The van der Waals surface area contributed by atoms with Crippen LogP contribution in [0, 0.1) is 0 Å². The number of H-pyrrole nitrogens is 1. The second-order valence-corrected chi connectivity index (χ2v) is 5.42. The van der Waals surface area contributed by atoms with Crippen LogP contribution in [0.5, 0.6) is 0 Å². The highest BCUT2D eigenvalue weighted by molar-refractivity contribution is 6.30. The summed E-state index contributed by atoms with van der Waals surface area (Å²) in [5.41, 5.74) is 10.4. The third-order valence-corrected chi connectivity index (χ3v) is 3.85. The molecule has 4 nitrogen and oxygen atoms in total. The number of imidazole rings is 1. The molecule has 0 saturated carbocycles. The number of halogens is 2. The minimum absolute atomic E-state index is 0. The van der Waals surface area contributed by atoms with Crippen LogP contribution in [0.1, 0.15) is 17.1 Å². The van der Waals surface area contributed by atoms with Gasteiger partial charge < -0.3 is 15.8 Å². The first-order valence-corrected chi connectivity index (χ1v) is 7.33. The summed E-state index contributed by atoms with van der Waals surface area (Å²) in [5.74, 6) is 0.733. The molecule has 3 rings (SSSR count). The predicted molar refractivity (Wildman–Crippen MR) is 95.9 cm³/mol. The Morgan fingerprint density at radius 2 is 1.78 bits per heavy atom. The van der Waals surface area contributed by atoms with E-state index in [0.717, 1.165) is 28.2 Å². The Morgan fingerprint density at radius 3 is 2.43 bits per heavy atom. The minimum Gasteiger partial charge on any atom is -0.399 e. The highest BCUT2D eigenvalue weighted by Gasteiger charge is 2.10. The summed E-state index contributed by atoms with van der Waals surface area (Å²) < 4.78 is 0. The molecule has 0 spiro atoms. The first-order valence-electron chi connectivity index (χ1n) is 6.95. The molecule has 1 aromatic heterocycles. The average Bonchev–Trinajstić information content (AvgIpc) is 2.88. The van der Waals surface area contributed by atoms with E-state index in [1.54, 1.807) is 0 Å². The molecule has 0 radical (unpaired) electrons. The summed E-state index contributed by atoms with van der Waals surface area (Å²) in [6, 6.07) is 15.9. The number of aliphatic hydroxyl groups is 1. The van der Waals surface area contributed by atoms with Gasteiger partial charge in [0, 0.05) is 12.1 Å². The maximum Gasteiger partial charge on any atom is 0.152 e. The van der Waals surface area contributed by atoms with Crippen LogP contribution < -0.4 is 5.73 Å². The van der Waals surface area contributed by atoms with E-state index in [4.69, 9.17) is 17.3 Å². The van der Waals surface area contributed by atoms with Crippen LogP contribution in [0.3, 0.4) is 0 Å². The Balaban J connectivity index is 0.00000192. The topological polar surface area (TPSA) is 74.9 Å². The Kier molecular flexibility index (Phi) is 5.66. The highest BCUT2D eigenvalue weighted by Crippen LogP contribution is 2.26. The fourth-order valence-corrected chi connectivity index (χ4v) is 2.64. The fraction of sp³-hybridized carbons (Fsp3) is 0.118. The van der Waals surface area contributed by atoms with Crippen LogP contribution in [0.15, 0.2) is 48.5 Å². The molecule has 0 aliphatic carbocycles. The van der Waals surface area contributed by atoms with E-state index < -0.39 is 0 Å². The predicted octanol–water partition coefficient (Wildman–Crippen LogP) is 3.82. The maximum absolute atomic E-state index is 9.19. The molecule has 23 heavy (non-hydrogen) atoms. The third-order valence-electron chi connectivity index (χ3n) is 3.53. The maximum atomic E-state index is 9.19. The van der Waals surface area contributed by atoms with Crippen molar-refractivity contribution in [3.05, 3.63) is 70.8 Å². The SMILES string of the molecule is Cl.Nc1ccc(-c2ccccc2Cc2nc(Cl)c(CO)[nH]2)cc1. The molecule has 0 bridgehead atoms. The van der Waals surface area contributed by atoms with Crippen LogP contribution >= 0.6 is 24.0 Å². The van der Waals surface area contributed by atoms with E-state index in [2.05, 4.69) is 22.1 Å². The van der Waals surface area contributed by atoms with Gasteiger partial charge in [0.15, 0.2) is 5.15 Å². The van der Waals surface area contributed by atoms with Crippen molar-refractivity contribution in [2.24, 2.45) is 0 Å². The molecule has 1 heterocycles. The number of aliphatic hydroxyl groups excluding tert-OH is 1. The van der Waals surface area contributed by atoms with Crippen molar-refractivity contribution in [1.29, 1.82) is 0 Å². The highest BCUT2D eigenvalue weighted by atomic mass is 35.5. The number of anilines is 1. The van der Waals surface area contributed by atoms with Gasteiger partial charge >= 0.3 is 0 Å². The molecule has 0 atom stereocenters. The molecule has 120 valence electrons. The van der Waals surface area contributed by atoms with Crippen LogP contribution in [-0.2, 0) is 13.0 Å². The number of nitrogens with one attached hydrogen (secondary N) is 1. The molecular formula is C17H17Cl2N3O. The van der Waals surface area contributed by atoms with Gasteiger partial charge in [0.1, 0.15) is 5.82 Å². The second kappa shape index (κ2) is 7.51. The number of hydrogen-bond acceptors (Lipinski definition) is 3. The van der Waals surface area contributed by atoms with E-state index in [9.17, 15) is 5.11 Å². The minimum atomic E-state index is -0.147. The number of nitrogens with two attached hydrogens (primary N) is 1. The van der Waals surface area contributed by atoms with Gasteiger partial charge in [-0.15, -0.1) is 12.4 Å². The smallest absolute Gasteiger partial charge is 0.152 e. The average molecular weight is 350 g/mol. The molecule has 0 amide bonds. The monoisotopic (exact) mass is 349 g/mol. The molecule has 6 heteroatoms. The summed E-state index contributed by atoms with van der Waals surface area (Å²) in [6.07, 6.45) is 0.611. The molecule has 2 aromatic carbocycles. The zero-order chi connectivity index (χ0) is 15.5. The summed E-state index contributed by atoms with van der Waals surface area (Å²) in [4.78, 5) is 7.31. The quantitative estimate of drug-likeness (QED) is 0.626. The third kappa shape index (κ3) is 3.85. The van der Waals surface area contributed by atoms with Crippen molar-refractivity contribution in [1.82, 2.24) is 9.97 Å². The second-order valence-electron chi connectivity index (χ2n) is 5.07. The lowest BCUT2D eigenvalue weighted by atomic mass is 9.97. The summed E-state index contributed by atoms with van der Waals surface area (Å²) >= 11 is 5.97. The number of nitrogen functional groups attached to an aromatic ring is 1. The number of hydrogen-bond donors (Lipinski definition) is 3. The van der Waals surface area contributed by atoms with E-state index in [-0.39, 0.29) is 19.0 Å². The number of rotatable bonds is 4. The van der Waals surface area contributed by atoms with Crippen molar-refractivity contribution < 1.29 is 5.11 Å². The van der Waals surface area contributed by atoms with Gasteiger partial charge in [-0.25, -0.2) is 4.98 Å². The molecule has 0 fully saturated rings. The molecule has 0 aliphatic rings. The summed E-state index contributed by atoms with van der Waals surface area (Å²) in [6.45, 7) is -0.147. The van der Waals surface area contributed by atoms with Crippen molar-refractivity contribution in [2.45, 2.75) is 13.0 Å². The largest absolute Gasteiger partial charge is 0.399 e. The standard InChI is InChI=1S/C17H16ClN3O.ClH/c18-17-15(10-22)20-16(21-17)9-12-3-1-2-4-14(12)11-5-7-13(19)8-6-11;/h1-8,22H,9-10,19H2,(H,20,21);1H. The van der Waals surface area contributed by atoms with Crippen LogP contribution in [0.25, 0.3) is 11.1 Å². The van der Waals surface area contributed by atoms with Gasteiger partial charge in [-0.3, -0.25) is 0 Å². The van der Waals surface area contributed by atoms with Crippen LogP contribution in [0.2, 0.25) is 5.15 Å². The van der Waals surface area contributed by atoms with E-state index >= 15 is 0 Å². The Morgan fingerprint density at radius 1 is 1.09 bits per heavy atom. The summed E-state index contributed by atoms with van der Waals surface area (Å²) in [7, 11) is 0. The van der Waals surface area contributed by atoms with Gasteiger partial charge in [-0.05, 0) is 28.8 Å². The Labute approximate surface area is 145 Å². The number of aromatic amines is 1. The van der Waals surface area contributed by atoms with E-state index in [0.29, 0.717) is 17.3 Å². The van der Waals surface area contributed by atoms with E-state index in [1.165, 1.54) is 0 Å². The van der Waals surface area contributed by atoms with Crippen molar-refractivity contribution >= 4 is 29.7 Å². The molecule has 4 N–H and O–H groups in total. The lowest BCUT2D eigenvalue weighted by molar-refractivity contribution is 0.277. The molecule has 0 saturated heterocycles. The van der Waals surface area contributed by atoms with Gasteiger partial charge in [0.05, 0.1) is 12.3 Å². The van der Waals surface area contributed by atoms with Gasteiger partial charge in [0.25, 0.3) is 0 Å². The normalized spacial score (nSPS) is 10.3. The lowest BCUT2D eigenvalue weighted by Gasteiger charge is -2.09. The zero-order valence-electron chi connectivity index (χ0n) is 12.3. The number of benzene rings is 2. The van der Waals surface area contributed by atoms with E-state index in [1.807, 2.05) is 36.4 Å². The zero-order valence-corrected chi connectivity index (χ0v) is 13.9. The van der Waals surface area contributed by atoms with Crippen LogP contribution in [0.4, 0.5) is 5.69 Å². The Bertz CT molecular complexity index is 785. The number of nitrogens with zero attached hydrogens (tertiary/aromatic N) is 1. The lowest BCUT2D eigenvalue weighted by Crippen LogP contribution is -1.95. The molecule has 3 aromatic rings. The van der Waals surface area contributed by atoms with Crippen molar-refractivity contribution in [3.63, 3.8) is 0 Å². The van der Waals surface area contributed by atoms with Gasteiger partial charge in [0.2, 0.25) is 0 Å². The van der Waals surface area contributed by atoms with Crippen molar-refractivity contribution in [2.75, 3.05) is 5.73 Å². The van der Waals surface area contributed by atoms with Crippen molar-refractivity contribution in [3.8, 4) is 11.1 Å². The summed E-state index contributed by atoms with van der Waals surface area (Å²) in [5, 5.41) is 9.51. The van der Waals surface area contributed by atoms with Crippen LogP contribution in [-0.4, -0.2) is 15.1 Å². The Hall–Kier alpha value is -2.01. The molecule has 0 aliphatic heterocycles. The van der Waals surface area contributed by atoms with Gasteiger partial charge in [-0.2, -0.15) is 0 Å². The number of aromatic nitrogens is 2.